The van der Waals surface area contributed by atoms with Gasteiger partial charge in [-0.15, -0.1) is 0 Å². The number of benzene rings is 4. The monoisotopic (exact) mass is 455 g/mol. The third kappa shape index (κ3) is 4.49. The van der Waals surface area contributed by atoms with E-state index < -0.39 is 0 Å². The molecule has 0 amide bonds. The van der Waals surface area contributed by atoms with E-state index in [-0.39, 0.29) is 0 Å². The number of nitrogens with zero attached hydrogens (tertiary/aromatic N) is 1. The van der Waals surface area contributed by atoms with Crippen LogP contribution >= 0.6 is 0 Å². The number of para-hydroxylation sites is 1. The summed E-state index contributed by atoms with van der Waals surface area (Å²) in [5, 5.41) is 1.17. The molecule has 0 unspecified atom stereocenters. The Morgan fingerprint density at radius 2 is 1.37 bits per heavy atom. The summed E-state index contributed by atoms with van der Waals surface area (Å²) in [6.45, 7) is 1.96. The Balaban J connectivity index is 1.79. The highest BCUT2D eigenvalue weighted by atomic mass is 15.0. The molecule has 35 heavy (non-hydrogen) atoms. The van der Waals surface area contributed by atoms with Crippen LogP contribution in [0.25, 0.3) is 34.1 Å². The average Bonchev–Trinajstić information content (AvgIpc) is 3.22. The molecule has 0 aliphatic carbocycles. The standard InChI is InChI=1S/C32H29N3/c1-2-29(33)25-16-11-17-26(21-25)35-31-19-10-9-18-27(31)28(22-30(34)24-14-7-4-8-15-24)32(35)20-23-12-5-3-6-13-23/h2-19,21-22H,20,33-34H2,1H3/b29-2-,30-22-. The number of hydrogen-bond acceptors (Lipinski definition) is 2. The highest BCUT2D eigenvalue weighted by molar-refractivity contribution is 5.97. The van der Waals surface area contributed by atoms with Crippen molar-refractivity contribution in [3.63, 3.8) is 0 Å². The summed E-state index contributed by atoms with van der Waals surface area (Å²) in [5.41, 5.74) is 22.2. The first kappa shape index (κ1) is 22.3. The molecule has 0 aliphatic heterocycles. The topological polar surface area (TPSA) is 57.0 Å². The number of fused-ring (bicyclic) bond motifs is 1. The van der Waals surface area contributed by atoms with Crippen LogP contribution in [0, 0.1) is 0 Å². The Hall–Kier alpha value is -4.50. The zero-order chi connectivity index (χ0) is 24.2. The van der Waals surface area contributed by atoms with Crippen molar-refractivity contribution in [2.45, 2.75) is 13.3 Å². The first-order valence-electron chi connectivity index (χ1n) is 11.9. The van der Waals surface area contributed by atoms with Gasteiger partial charge in [0.15, 0.2) is 0 Å². The van der Waals surface area contributed by atoms with Gasteiger partial charge in [0.2, 0.25) is 0 Å². The molecule has 172 valence electrons. The van der Waals surface area contributed by atoms with Gasteiger partial charge in [0.05, 0.1) is 5.52 Å². The van der Waals surface area contributed by atoms with E-state index in [4.69, 9.17) is 11.5 Å². The van der Waals surface area contributed by atoms with Gasteiger partial charge in [-0.1, -0.05) is 97.1 Å². The maximum atomic E-state index is 6.64. The number of hydrogen-bond donors (Lipinski definition) is 2. The minimum Gasteiger partial charge on any atom is -0.399 e. The third-order valence-electron chi connectivity index (χ3n) is 6.39. The predicted molar refractivity (Wildman–Crippen MR) is 149 cm³/mol. The van der Waals surface area contributed by atoms with Gasteiger partial charge in [-0.2, -0.15) is 0 Å². The first-order valence-corrected chi connectivity index (χ1v) is 11.9. The highest BCUT2D eigenvalue weighted by Gasteiger charge is 2.18. The molecule has 4 N–H and O–H groups in total. The second-order valence-electron chi connectivity index (χ2n) is 8.64. The minimum absolute atomic E-state index is 0.745. The normalized spacial score (nSPS) is 12.3. The predicted octanol–water partition coefficient (Wildman–Crippen LogP) is 7.00. The molecule has 0 fully saturated rings. The van der Waals surface area contributed by atoms with Gasteiger partial charge >= 0.3 is 0 Å². The average molecular weight is 456 g/mol. The molecule has 5 aromatic rings. The summed E-state index contributed by atoms with van der Waals surface area (Å²) in [5.74, 6) is 0. The largest absolute Gasteiger partial charge is 0.399 e. The number of aromatic nitrogens is 1. The van der Waals surface area contributed by atoms with E-state index in [1.807, 2.05) is 43.3 Å². The van der Waals surface area contributed by atoms with Crippen LogP contribution in [0.2, 0.25) is 0 Å². The quantitative estimate of drug-likeness (QED) is 0.290. The fourth-order valence-electron chi connectivity index (χ4n) is 4.60. The summed E-state index contributed by atoms with van der Waals surface area (Å²) in [7, 11) is 0. The minimum atomic E-state index is 0.745. The van der Waals surface area contributed by atoms with Crippen molar-refractivity contribution < 1.29 is 0 Å². The lowest BCUT2D eigenvalue weighted by atomic mass is 10.0. The van der Waals surface area contributed by atoms with E-state index in [1.54, 1.807) is 0 Å². The summed E-state index contributed by atoms with van der Waals surface area (Å²) < 4.78 is 2.35. The summed E-state index contributed by atoms with van der Waals surface area (Å²) in [4.78, 5) is 0. The molecule has 0 saturated heterocycles. The van der Waals surface area contributed by atoms with Crippen molar-refractivity contribution >= 4 is 28.4 Å². The van der Waals surface area contributed by atoms with Gasteiger partial charge in [-0.3, -0.25) is 0 Å². The van der Waals surface area contributed by atoms with E-state index in [1.165, 1.54) is 16.6 Å². The fourth-order valence-corrected chi connectivity index (χ4v) is 4.60. The van der Waals surface area contributed by atoms with Gasteiger partial charge in [-0.25, -0.2) is 0 Å². The zero-order valence-corrected chi connectivity index (χ0v) is 19.9. The van der Waals surface area contributed by atoms with Crippen LogP contribution in [-0.2, 0) is 6.42 Å². The number of allylic oxidation sites excluding steroid dienone is 1. The molecule has 0 saturated carbocycles. The molecular formula is C32H29N3. The van der Waals surface area contributed by atoms with Crippen LogP contribution in [0.5, 0.6) is 0 Å². The molecule has 3 heteroatoms. The van der Waals surface area contributed by atoms with Crippen molar-refractivity contribution in [2.24, 2.45) is 11.5 Å². The Bertz CT molecular complexity index is 1520. The third-order valence-corrected chi connectivity index (χ3v) is 6.39. The maximum absolute atomic E-state index is 6.64. The molecule has 4 aromatic carbocycles. The zero-order valence-electron chi connectivity index (χ0n) is 19.9. The van der Waals surface area contributed by atoms with Crippen LogP contribution in [0.15, 0.2) is 115 Å². The van der Waals surface area contributed by atoms with Crippen LogP contribution in [0.3, 0.4) is 0 Å². The molecule has 3 nitrogen and oxygen atoms in total. The van der Waals surface area contributed by atoms with Crippen molar-refractivity contribution in [1.29, 1.82) is 0 Å². The second kappa shape index (κ2) is 9.78. The fraction of sp³-hybridized carbons (Fsp3) is 0.0625. The van der Waals surface area contributed by atoms with E-state index in [9.17, 15) is 0 Å². The van der Waals surface area contributed by atoms with E-state index in [2.05, 4.69) is 89.5 Å². The SMILES string of the molecule is C/C=C(\N)c1cccc(-n2c(Cc3ccccc3)c(/C=C(\N)c3ccccc3)c3ccccc32)c1. The van der Waals surface area contributed by atoms with Gasteiger partial charge in [0.25, 0.3) is 0 Å². The lowest BCUT2D eigenvalue weighted by Crippen LogP contribution is -2.04. The molecular weight excluding hydrogens is 426 g/mol. The van der Waals surface area contributed by atoms with E-state index >= 15 is 0 Å². The Labute approximate surface area is 206 Å². The van der Waals surface area contributed by atoms with E-state index in [0.29, 0.717) is 0 Å². The molecule has 1 heterocycles. The van der Waals surface area contributed by atoms with Crippen LogP contribution in [0.4, 0.5) is 0 Å². The molecule has 0 atom stereocenters. The Morgan fingerprint density at radius 3 is 2.11 bits per heavy atom. The lowest BCUT2D eigenvalue weighted by Gasteiger charge is -2.14. The molecule has 0 spiro atoms. The Kier molecular flexibility index (Phi) is 6.23. The van der Waals surface area contributed by atoms with Crippen LogP contribution in [0.1, 0.15) is 34.9 Å². The summed E-state index contributed by atoms with van der Waals surface area (Å²) in [6, 6.07) is 37.6. The van der Waals surface area contributed by atoms with Crippen molar-refractivity contribution in [3.05, 3.63) is 143 Å². The highest BCUT2D eigenvalue weighted by Crippen LogP contribution is 2.34. The molecule has 5 rings (SSSR count). The maximum Gasteiger partial charge on any atom is 0.0537 e. The van der Waals surface area contributed by atoms with Crippen molar-refractivity contribution in [3.8, 4) is 5.69 Å². The molecule has 0 aliphatic rings. The van der Waals surface area contributed by atoms with Crippen molar-refractivity contribution in [2.75, 3.05) is 0 Å². The van der Waals surface area contributed by atoms with Crippen LogP contribution in [-0.4, -0.2) is 4.57 Å². The van der Waals surface area contributed by atoms with Crippen LogP contribution < -0.4 is 11.5 Å². The second-order valence-corrected chi connectivity index (χ2v) is 8.64. The van der Waals surface area contributed by atoms with Gasteiger partial charge in [-0.05, 0) is 47.9 Å². The van der Waals surface area contributed by atoms with Gasteiger partial charge < -0.3 is 16.0 Å². The lowest BCUT2D eigenvalue weighted by molar-refractivity contribution is 0.981. The number of nitrogens with two attached hydrogens (primary N) is 2. The van der Waals surface area contributed by atoms with Gasteiger partial charge in [0, 0.05) is 40.1 Å². The van der Waals surface area contributed by atoms with E-state index in [0.717, 1.165) is 45.7 Å². The molecule has 0 radical (unpaired) electrons. The Morgan fingerprint density at radius 1 is 0.714 bits per heavy atom. The first-order chi connectivity index (χ1) is 17.2. The molecule has 1 aromatic heterocycles. The smallest absolute Gasteiger partial charge is 0.0537 e. The number of rotatable bonds is 6. The van der Waals surface area contributed by atoms with Gasteiger partial charge in [0.1, 0.15) is 0 Å². The van der Waals surface area contributed by atoms with Crippen molar-refractivity contribution in [1.82, 2.24) is 4.57 Å². The summed E-state index contributed by atoms with van der Waals surface area (Å²) >= 11 is 0. The molecule has 0 bridgehead atoms. The summed E-state index contributed by atoms with van der Waals surface area (Å²) in [6.07, 6.45) is 4.83.